The zero-order chi connectivity index (χ0) is 19.8. The summed E-state index contributed by atoms with van der Waals surface area (Å²) in [5, 5.41) is 1.57. The van der Waals surface area contributed by atoms with Gasteiger partial charge >= 0.3 is 0 Å². The van der Waals surface area contributed by atoms with Gasteiger partial charge in [0.2, 0.25) is 5.88 Å². The van der Waals surface area contributed by atoms with Crippen molar-refractivity contribution >= 4 is 50.6 Å². The molecule has 1 fully saturated rings. The van der Waals surface area contributed by atoms with Gasteiger partial charge in [-0.1, -0.05) is 17.7 Å². The number of para-hydroxylation sites is 1. The average Bonchev–Trinajstić information content (AvgIpc) is 3.15. The molecule has 0 N–H and O–H groups in total. The molecule has 5 rings (SSSR count). The van der Waals surface area contributed by atoms with E-state index in [1.807, 2.05) is 18.2 Å². The number of ether oxygens (including phenoxy) is 2. The number of pyridine rings is 1. The van der Waals surface area contributed by atoms with Gasteiger partial charge in [0.1, 0.15) is 16.3 Å². The summed E-state index contributed by atoms with van der Waals surface area (Å²) in [7, 11) is 2.15. The van der Waals surface area contributed by atoms with Crippen LogP contribution < -0.4 is 9.64 Å². The third kappa shape index (κ3) is 3.83. The second kappa shape index (κ2) is 7.91. The standard InChI is InChI=1S/C21H21ClN4O2S/c1-25-7-9-26(10-8-25)18-6-5-14-11-15(12-27-13-28-20(14)23-18)21-24-19-16(22)3-2-4-17(19)29-21/h2-6,11H,7-10,12-13H2,1H3. The fourth-order valence-corrected chi connectivity index (χ4v) is 4.80. The number of hydrogen-bond acceptors (Lipinski definition) is 7. The molecule has 1 aromatic carbocycles. The Labute approximate surface area is 178 Å². The number of rotatable bonds is 2. The first-order valence-electron chi connectivity index (χ1n) is 9.58. The Kier molecular flexibility index (Phi) is 5.13. The summed E-state index contributed by atoms with van der Waals surface area (Å²) in [6, 6.07) is 9.99. The number of fused-ring (bicyclic) bond motifs is 2. The van der Waals surface area contributed by atoms with Crippen molar-refractivity contribution in [3.63, 3.8) is 0 Å². The van der Waals surface area contributed by atoms with Crippen LogP contribution in [-0.2, 0) is 4.74 Å². The molecule has 0 unspecified atom stereocenters. The number of piperazine rings is 1. The van der Waals surface area contributed by atoms with E-state index in [0.717, 1.165) is 58.4 Å². The van der Waals surface area contributed by atoms with Crippen LogP contribution in [0.2, 0.25) is 5.02 Å². The van der Waals surface area contributed by atoms with Crippen LogP contribution in [0.4, 0.5) is 5.82 Å². The number of anilines is 1. The van der Waals surface area contributed by atoms with Gasteiger partial charge < -0.3 is 19.3 Å². The van der Waals surface area contributed by atoms with Crippen LogP contribution in [0.5, 0.6) is 5.88 Å². The highest BCUT2D eigenvalue weighted by Gasteiger charge is 2.19. The van der Waals surface area contributed by atoms with Crippen LogP contribution in [0, 0.1) is 0 Å². The smallest absolute Gasteiger partial charge is 0.224 e. The van der Waals surface area contributed by atoms with E-state index in [2.05, 4.69) is 35.1 Å². The number of likely N-dealkylation sites (N-methyl/N-ethyl adjacent to an activating group) is 1. The Bertz CT molecular complexity index is 1080. The van der Waals surface area contributed by atoms with Crippen LogP contribution in [0.3, 0.4) is 0 Å². The topological polar surface area (TPSA) is 50.7 Å². The maximum atomic E-state index is 6.30. The highest BCUT2D eigenvalue weighted by Crippen LogP contribution is 2.34. The zero-order valence-corrected chi connectivity index (χ0v) is 17.7. The van der Waals surface area contributed by atoms with Crippen LogP contribution in [0.15, 0.2) is 30.3 Å². The normalized spacial score (nSPS) is 18.0. The maximum Gasteiger partial charge on any atom is 0.224 e. The molecule has 0 radical (unpaired) electrons. The van der Waals surface area contributed by atoms with Crippen molar-refractivity contribution < 1.29 is 9.47 Å². The fourth-order valence-electron chi connectivity index (χ4n) is 3.53. The van der Waals surface area contributed by atoms with E-state index < -0.39 is 0 Å². The highest BCUT2D eigenvalue weighted by molar-refractivity contribution is 7.19. The summed E-state index contributed by atoms with van der Waals surface area (Å²) in [4.78, 5) is 14.1. The molecule has 3 aromatic rings. The molecule has 0 saturated carbocycles. The summed E-state index contributed by atoms with van der Waals surface area (Å²) in [5.74, 6) is 1.54. The zero-order valence-electron chi connectivity index (χ0n) is 16.1. The number of benzene rings is 1. The molecule has 2 aromatic heterocycles. The van der Waals surface area contributed by atoms with Gasteiger partial charge in [-0.15, -0.1) is 11.3 Å². The van der Waals surface area contributed by atoms with Crippen LogP contribution in [0.25, 0.3) is 21.9 Å². The van der Waals surface area contributed by atoms with Gasteiger partial charge in [0.15, 0.2) is 6.79 Å². The van der Waals surface area contributed by atoms with Crippen molar-refractivity contribution in [3.8, 4) is 5.88 Å². The van der Waals surface area contributed by atoms with Gasteiger partial charge in [-0.2, -0.15) is 4.98 Å². The number of aromatic nitrogens is 2. The highest BCUT2D eigenvalue weighted by atomic mass is 35.5. The second-order valence-electron chi connectivity index (χ2n) is 7.24. The number of nitrogens with zero attached hydrogens (tertiary/aromatic N) is 4. The number of hydrogen-bond donors (Lipinski definition) is 0. The third-order valence-corrected chi connectivity index (χ3v) is 6.61. The van der Waals surface area contributed by atoms with Gasteiger partial charge in [0.25, 0.3) is 0 Å². The lowest BCUT2D eigenvalue weighted by Gasteiger charge is -2.33. The lowest BCUT2D eigenvalue weighted by atomic mass is 10.1. The minimum Gasteiger partial charge on any atom is -0.450 e. The van der Waals surface area contributed by atoms with Crippen LogP contribution in [-0.4, -0.2) is 61.5 Å². The van der Waals surface area contributed by atoms with Crippen molar-refractivity contribution in [2.75, 3.05) is 51.5 Å². The van der Waals surface area contributed by atoms with Crippen molar-refractivity contribution in [2.45, 2.75) is 0 Å². The van der Waals surface area contributed by atoms with E-state index in [-0.39, 0.29) is 6.79 Å². The molecule has 4 heterocycles. The van der Waals surface area contributed by atoms with Crippen molar-refractivity contribution in [3.05, 3.63) is 45.9 Å². The molecular weight excluding hydrogens is 408 g/mol. The number of thiazole rings is 1. The fraction of sp³-hybridized carbons (Fsp3) is 0.333. The third-order valence-electron chi connectivity index (χ3n) is 5.21. The SMILES string of the molecule is CN1CCN(c2ccc3c(n2)OCOCC(c2nc4c(Cl)cccc4s2)=C3)CC1. The molecule has 0 aliphatic carbocycles. The first kappa shape index (κ1) is 18.8. The molecule has 8 heteroatoms. The maximum absolute atomic E-state index is 6.30. The molecule has 0 bridgehead atoms. The lowest BCUT2D eigenvalue weighted by molar-refractivity contribution is 0.0295. The molecule has 0 spiro atoms. The molecule has 2 aliphatic heterocycles. The molecule has 29 heavy (non-hydrogen) atoms. The van der Waals surface area contributed by atoms with Gasteiger partial charge in [-0.05, 0) is 37.4 Å². The van der Waals surface area contributed by atoms with E-state index in [0.29, 0.717) is 17.5 Å². The predicted molar refractivity (Wildman–Crippen MR) is 118 cm³/mol. The summed E-state index contributed by atoms with van der Waals surface area (Å²) < 4.78 is 12.6. The predicted octanol–water partition coefficient (Wildman–Crippen LogP) is 4.00. The Morgan fingerprint density at radius 3 is 2.76 bits per heavy atom. The van der Waals surface area contributed by atoms with Gasteiger partial charge in [0, 0.05) is 37.3 Å². The summed E-state index contributed by atoms with van der Waals surface area (Å²) in [6.45, 7) is 4.59. The Morgan fingerprint density at radius 2 is 1.93 bits per heavy atom. The minimum atomic E-state index is 0.162. The van der Waals surface area contributed by atoms with Crippen LogP contribution >= 0.6 is 22.9 Å². The summed E-state index contributed by atoms with van der Waals surface area (Å²) >= 11 is 7.92. The molecule has 0 amide bonds. The Balaban J connectivity index is 1.49. The Hall–Kier alpha value is -2.19. The molecule has 1 saturated heterocycles. The molecule has 150 valence electrons. The first-order valence-corrected chi connectivity index (χ1v) is 10.8. The minimum absolute atomic E-state index is 0.162. The van der Waals surface area contributed by atoms with Gasteiger partial charge in [-0.3, -0.25) is 0 Å². The second-order valence-corrected chi connectivity index (χ2v) is 8.68. The monoisotopic (exact) mass is 428 g/mol. The Morgan fingerprint density at radius 1 is 1.07 bits per heavy atom. The molecule has 2 aliphatic rings. The lowest BCUT2D eigenvalue weighted by Crippen LogP contribution is -2.44. The first-order chi connectivity index (χ1) is 14.2. The van der Waals surface area contributed by atoms with E-state index >= 15 is 0 Å². The number of halogens is 1. The average molecular weight is 429 g/mol. The quantitative estimate of drug-likeness (QED) is 0.614. The van der Waals surface area contributed by atoms with E-state index in [4.69, 9.17) is 31.0 Å². The van der Waals surface area contributed by atoms with Gasteiger partial charge in [-0.25, -0.2) is 4.98 Å². The van der Waals surface area contributed by atoms with Crippen molar-refractivity contribution in [1.82, 2.24) is 14.9 Å². The van der Waals surface area contributed by atoms with Crippen LogP contribution in [0.1, 0.15) is 10.6 Å². The van der Waals surface area contributed by atoms with Crippen molar-refractivity contribution in [2.24, 2.45) is 0 Å². The van der Waals surface area contributed by atoms with E-state index in [1.165, 1.54) is 0 Å². The molecular formula is C21H21ClN4O2S. The summed E-state index contributed by atoms with van der Waals surface area (Å²) in [6.07, 6.45) is 2.06. The molecule has 6 nitrogen and oxygen atoms in total. The van der Waals surface area contributed by atoms with Crippen molar-refractivity contribution in [1.29, 1.82) is 0 Å². The van der Waals surface area contributed by atoms with E-state index in [9.17, 15) is 0 Å². The summed E-state index contributed by atoms with van der Waals surface area (Å²) in [5.41, 5.74) is 2.77. The van der Waals surface area contributed by atoms with E-state index in [1.54, 1.807) is 11.3 Å². The largest absolute Gasteiger partial charge is 0.450 e. The van der Waals surface area contributed by atoms with Gasteiger partial charge in [0.05, 0.1) is 16.3 Å². The molecule has 0 atom stereocenters.